The quantitative estimate of drug-likeness (QED) is 0.243. The van der Waals surface area contributed by atoms with Crippen molar-refractivity contribution in [3.05, 3.63) is 60.2 Å². The van der Waals surface area contributed by atoms with Crippen molar-refractivity contribution in [3.8, 4) is 45.4 Å². The minimum atomic E-state index is -0.0185. The lowest BCUT2D eigenvalue weighted by molar-refractivity contribution is -0.673. The molecule has 0 spiro atoms. The van der Waals surface area contributed by atoms with Gasteiger partial charge in [0.15, 0.2) is 23.0 Å². The Morgan fingerprint density at radius 2 is 1.50 bits per heavy atom. The highest BCUT2D eigenvalue weighted by atomic mass is 16.5. The summed E-state index contributed by atoms with van der Waals surface area (Å²) in [4.78, 5) is 4.54. The molecule has 0 fully saturated rings. The Bertz CT molecular complexity index is 1500. The molecule has 0 bridgehead atoms. The fourth-order valence-electron chi connectivity index (χ4n) is 5.01. The maximum Gasteiger partial charge on any atom is 0.335 e. The number of hydrogen-bond donors (Lipinski definition) is 2. The molecule has 8 heteroatoms. The van der Waals surface area contributed by atoms with Crippen LogP contribution in [0.1, 0.15) is 5.56 Å². The van der Waals surface area contributed by atoms with Crippen molar-refractivity contribution < 1.29 is 23.5 Å². The summed E-state index contributed by atoms with van der Waals surface area (Å²) in [6.07, 6.45) is 0.716. The van der Waals surface area contributed by atoms with E-state index in [0.717, 1.165) is 44.5 Å². The Labute approximate surface area is 209 Å². The van der Waals surface area contributed by atoms with Gasteiger partial charge in [-0.25, -0.2) is 4.57 Å². The third kappa shape index (κ3) is 3.71. The van der Waals surface area contributed by atoms with Crippen LogP contribution in [0.5, 0.6) is 23.0 Å². The van der Waals surface area contributed by atoms with Crippen LogP contribution in [-0.4, -0.2) is 34.4 Å². The Balaban J connectivity index is 1.88. The maximum atomic E-state index is 5.92. The van der Waals surface area contributed by atoms with Gasteiger partial charge < -0.3 is 30.4 Å². The minimum Gasteiger partial charge on any atom is -0.493 e. The zero-order valence-electron chi connectivity index (χ0n) is 20.8. The highest BCUT2D eigenvalue weighted by Gasteiger charge is 2.32. The summed E-state index contributed by atoms with van der Waals surface area (Å²) in [5.74, 6) is 3.31. The number of benzene rings is 3. The molecular weight excluding hydrogens is 456 g/mol. The van der Waals surface area contributed by atoms with Crippen molar-refractivity contribution in [1.82, 2.24) is 0 Å². The molecule has 184 valence electrons. The standard InChI is InChI=1S/C28H28N4O4/c1-33-23-13-17-12-22-21-14-19(16-8-6-5-7-9-16)26(36-4)25(35-3)18(21)10-11-32(22)27(31-28(29)30)20(17)15-24(23)34-2/h5-9,12-15H,10-11H2,1-4H3,(H3,29,30)/p+1. The van der Waals surface area contributed by atoms with E-state index in [0.29, 0.717) is 36.0 Å². The van der Waals surface area contributed by atoms with E-state index in [1.807, 2.05) is 30.3 Å². The van der Waals surface area contributed by atoms with Gasteiger partial charge in [0.2, 0.25) is 0 Å². The van der Waals surface area contributed by atoms with Crippen molar-refractivity contribution in [2.75, 3.05) is 28.4 Å². The summed E-state index contributed by atoms with van der Waals surface area (Å²) in [6, 6.07) is 18.2. The number of guanidine groups is 1. The van der Waals surface area contributed by atoms with E-state index in [9.17, 15) is 0 Å². The SMILES string of the molecule is COc1cc2cc3[n+](c(N=C(N)N)c2cc1OC)CCc1c-3cc(-c2ccccc2)c(OC)c1OC. The first-order chi connectivity index (χ1) is 17.5. The minimum absolute atomic E-state index is 0.0185. The van der Waals surface area contributed by atoms with Crippen molar-refractivity contribution in [2.24, 2.45) is 16.5 Å². The number of aromatic nitrogens is 1. The topological polar surface area (TPSA) is 105 Å². The molecule has 0 amide bonds. The van der Waals surface area contributed by atoms with E-state index >= 15 is 0 Å². The predicted octanol–water partition coefficient (Wildman–Crippen LogP) is 3.96. The average Bonchev–Trinajstić information content (AvgIpc) is 2.91. The Hall–Kier alpha value is -4.46. The van der Waals surface area contributed by atoms with Gasteiger partial charge in [0, 0.05) is 29.2 Å². The Morgan fingerprint density at radius 3 is 2.14 bits per heavy atom. The molecule has 4 N–H and O–H groups in total. The van der Waals surface area contributed by atoms with Gasteiger partial charge in [-0.15, -0.1) is 0 Å². The number of nitrogens with two attached hydrogens (primary N) is 2. The van der Waals surface area contributed by atoms with Gasteiger partial charge in [-0.05, 0) is 34.1 Å². The molecule has 1 aliphatic rings. The number of aliphatic imine (C=N–C) groups is 1. The number of ether oxygens (including phenoxy) is 4. The average molecular weight is 486 g/mol. The van der Waals surface area contributed by atoms with Crippen molar-refractivity contribution >= 4 is 22.5 Å². The van der Waals surface area contributed by atoms with Crippen LogP contribution in [0.3, 0.4) is 0 Å². The van der Waals surface area contributed by atoms with Crippen LogP contribution in [0.2, 0.25) is 0 Å². The maximum absolute atomic E-state index is 5.92. The predicted molar refractivity (Wildman–Crippen MR) is 140 cm³/mol. The van der Waals surface area contributed by atoms with Crippen LogP contribution in [0.25, 0.3) is 33.2 Å². The van der Waals surface area contributed by atoms with Crippen molar-refractivity contribution in [2.45, 2.75) is 13.0 Å². The molecule has 0 radical (unpaired) electrons. The number of hydrogen-bond acceptors (Lipinski definition) is 5. The molecule has 0 saturated carbocycles. The van der Waals surface area contributed by atoms with Gasteiger partial charge >= 0.3 is 11.8 Å². The van der Waals surface area contributed by atoms with E-state index in [1.165, 1.54) is 0 Å². The first kappa shape index (κ1) is 23.3. The normalized spacial score (nSPS) is 11.9. The van der Waals surface area contributed by atoms with Crippen molar-refractivity contribution in [3.63, 3.8) is 0 Å². The molecule has 4 aromatic rings. The second-order valence-corrected chi connectivity index (χ2v) is 8.47. The molecule has 1 aliphatic heterocycles. The number of rotatable bonds is 6. The highest BCUT2D eigenvalue weighted by molar-refractivity contribution is 5.96. The molecule has 3 aromatic carbocycles. The Kier molecular flexibility index (Phi) is 6.01. The van der Waals surface area contributed by atoms with Crippen LogP contribution in [-0.2, 0) is 13.0 Å². The second-order valence-electron chi connectivity index (χ2n) is 8.47. The molecule has 0 unspecified atom stereocenters. The number of pyridine rings is 1. The van der Waals surface area contributed by atoms with E-state index in [4.69, 9.17) is 30.4 Å². The van der Waals surface area contributed by atoms with Crippen LogP contribution in [0, 0.1) is 0 Å². The van der Waals surface area contributed by atoms with Crippen LogP contribution in [0.4, 0.5) is 5.82 Å². The lowest BCUT2D eigenvalue weighted by atomic mass is 9.90. The molecule has 8 nitrogen and oxygen atoms in total. The van der Waals surface area contributed by atoms with Gasteiger partial charge in [-0.2, -0.15) is 0 Å². The molecule has 1 aromatic heterocycles. The first-order valence-corrected chi connectivity index (χ1v) is 11.6. The third-order valence-corrected chi connectivity index (χ3v) is 6.56. The summed E-state index contributed by atoms with van der Waals surface area (Å²) in [7, 11) is 6.58. The van der Waals surface area contributed by atoms with Gasteiger partial charge in [-0.1, -0.05) is 30.3 Å². The van der Waals surface area contributed by atoms with E-state index in [1.54, 1.807) is 28.4 Å². The summed E-state index contributed by atoms with van der Waals surface area (Å²) in [6.45, 7) is 0.656. The van der Waals surface area contributed by atoms with Crippen molar-refractivity contribution in [1.29, 1.82) is 0 Å². The number of nitrogens with zero attached hydrogens (tertiary/aromatic N) is 2. The summed E-state index contributed by atoms with van der Waals surface area (Å²) < 4.78 is 25.0. The summed E-state index contributed by atoms with van der Waals surface area (Å²) in [5, 5.41) is 1.78. The second kappa shape index (κ2) is 9.30. The zero-order chi connectivity index (χ0) is 25.4. The molecule has 36 heavy (non-hydrogen) atoms. The molecule has 0 saturated heterocycles. The lowest BCUT2D eigenvalue weighted by Crippen LogP contribution is -2.41. The fraction of sp³-hybridized carbons (Fsp3) is 0.214. The van der Waals surface area contributed by atoms with Gasteiger partial charge in [0.1, 0.15) is 5.69 Å². The molecular formula is C28H29N4O4+. The largest absolute Gasteiger partial charge is 0.493 e. The molecule has 2 heterocycles. The van der Waals surface area contributed by atoms with E-state index in [-0.39, 0.29) is 5.96 Å². The smallest absolute Gasteiger partial charge is 0.335 e. The molecule has 0 aliphatic carbocycles. The van der Waals surface area contributed by atoms with Gasteiger partial charge in [0.05, 0.1) is 40.4 Å². The van der Waals surface area contributed by atoms with Crippen LogP contribution >= 0.6 is 0 Å². The lowest BCUT2D eigenvalue weighted by Gasteiger charge is -2.25. The summed E-state index contributed by atoms with van der Waals surface area (Å²) in [5.41, 5.74) is 16.8. The number of fused-ring (bicyclic) bond motifs is 4. The first-order valence-electron chi connectivity index (χ1n) is 11.6. The Morgan fingerprint density at radius 1 is 0.806 bits per heavy atom. The van der Waals surface area contributed by atoms with E-state index < -0.39 is 0 Å². The molecule has 5 rings (SSSR count). The number of methoxy groups -OCH3 is 4. The fourth-order valence-corrected chi connectivity index (χ4v) is 5.01. The summed E-state index contributed by atoms with van der Waals surface area (Å²) >= 11 is 0. The monoisotopic (exact) mass is 485 g/mol. The third-order valence-electron chi connectivity index (χ3n) is 6.56. The van der Waals surface area contributed by atoms with E-state index in [2.05, 4.69) is 33.8 Å². The highest BCUT2D eigenvalue weighted by Crippen LogP contribution is 2.47. The zero-order valence-corrected chi connectivity index (χ0v) is 20.8. The van der Waals surface area contributed by atoms with Gasteiger partial charge in [0.25, 0.3) is 0 Å². The van der Waals surface area contributed by atoms with Gasteiger partial charge in [-0.3, -0.25) is 0 Å². The molecule has 0 atom stereocenters. The van der Waals surface area contributed by atoms with Crippen LogP contribution < -0.4 is 35.0 Å². The van der Waals surface area contributed by atoms with Crippen LogP contribution in [0.15, 0.2) is 59.6 Å².